The predicted octanol–water partition coefficient (Wildman–Crippen LogP) is 8.37. The molecular formula is C42H49F3N4O4S. The van der Waals surface area contributed by atoms with Crippen molar-refractivity contribution in [2.24, 2.45) is 0 Å². The maximum atomic E-state index is 15.0. The zero-order valence-corrected chi connectivity index (χ0v) is 32.0. The Bertz CT molecular complexity index is 2110. The first kappa shape index (κ1) is 38.3. The minimum absolute atomic E-state index is 0.0497. The SMILES string of the molecule is CCS(=O)(=O)c1cc2c(C(=O)NC3(c4ccccc4)CC3)c(CN3CCC(N4CCCCC4)CC3)c(-c3cccc(C(F)(F)F)c3)nc2cc1OC(C)C. The first-order valence-electron chi connectivity index (χ1n) is 19.2. The first-order valence-corrected chi connectivity index (χ1v) is 20.9. The molecule has 7 rings (SSSR count). The number of alkyl halides is 3. The number of pyridine rings is 1. The molecule has 0 unspecified atom stereocenters. The van der Waals surface area contributed by atoms with Gasteiger partial charge in [0.1, 0.15) is 10.6 Å². The third-order valence-electron chi connectivity index (χ3n) is 11.2. The molecule has 1 aromatic heterocycles. The number of carbonyl (C=O) groups is 1. The fraction of sp³-hybridized carbons (Fsp3) is 0.476. The van der Waals surface area contributed by atoms with E-state index in [1.165, 1.54) is 37.5 Å². The number of amides is 1. The Labute approximate surface area is 316 Å². The van der Waals surface area contributed by atoms with Crippen LogP contribution in [0, 0.1) is 0 Å². The Hall–Kier alpha value is -4.00. The second-order valence-electron chi connectivity index (χ2n) is 15.3. The molecule has 3 aliphatic rings. The van der Waals surface area contributed by atoms with E-state index in [1.807, 2.05) is 30.3 Å². The summed E-state index contributed by atoms with van der Waals surface area (Å²) in [6.45, 7) is 9.04. The van der Waals surface area contributed by atoms with Gasteiger partial charge in [0.25, 0.3) is 5.91 Å². The highest BCUT2D eigenvalue weighted by atomic mass is 32.2. The van der Waals surface area contributed by atoms with Gasteiger partial charge in [-0.3, -0.25) is 9.69 Å². The van der Waals surface area contributed by atoms with Crippen LogP contribution in [0.3, 0.4) is 0 Å². The van der Waals surface area contributed by atoms with Crippen LogP contribution in [0.1, 0.15) is 92.8 Å². The number of fused-ring (bicyclic) bond motifs is 1. The number of carbonyl (C=O) groups excluding carboxylic acids is 1. The van der Waals surface area contributed by atoms with Gasteiger partial charge in [-0.05, 0) is 102 Å². The van der Waals surface area contributed by atoms with Crippen LogP contribution in [0.15, 0.2) is 71.6 Å². The summed E-state index contributed by atoms with van der Waals surface area (Å²) in [7, 11) is -3.84. The average Bonchev–Trinajstić information content (AvgIpc) is 3.95. The van der Waals surface area contributed by atoms with Crippen LogP contribution in [-0.2, 0) is 28.1 Å². The number of likely N-dealkylation sites (tertiary alicyclic amines) is 2. The van der Waals surface area contributed by atoms with Crippen LogP contribution >= 0.6 is 0 Å². The molecule has 8 nitrogen and oxygen atoms in total. The van der Waals surface area contributed by atoms with Crippen LogP contribution in [0.4, 0.5) is 13.2 Å². The van der Waals surface area contributed by atoms with Gasteiger partial charge in [-0.25, -0.2) is 13.4 Å². The van der Waals surface area contributed by atoms with Crippen molar-refractivity contribution in [1.82, 2.24) is 20.1 Å². The lowest BCUT2D eigenvalue weighted by Crippen LogP contribution is -2.46. The zero-order valence-electron chi connectivity index (χ0n) is 31.2. The van der Waals surface area contributed by atoms with Gasteiger partial charge in [0.2, 0.25) is 0 Å². The number of nitrogens with zero attached hydrogens (tertiary/aromatic N) is 3. The maximum Gasteiger partial charge on any atom is 0.416 e. The molecule has 2 aliphatic heterocycles. The zero-order chi connectivity index (χ0) is 38.3. The Balaban J connectivity index is 1.42. The van der Waals surface area contributed by atoms with Gasteiger partial charge in [0.15, 0.2) is 9.84 Å². The standard InChI is InChI=1S/C42H49F3N4O4S/c1-4-54(51,52)37-25-33-35(26-36(37)53-28(2)3)46-39(29-12-11-15-31(24-29)42(43,44)45)34(27-48-22-16-32(17-23-48)49-20-9-6-10-21-49)38(33)40(50)47-41(18-19-41)30-13-7-5-8-14-30/h5,7-8,11-15,24-26,28,32H,4,6,9-10,16-23,27H2,1-3H3,(H,47,50). The number of rotatable bonds is 11. The maximum absolute atomic E-state index is 15.0. The highest BCUT2D eigenvalue weighted by Crippen LogP contribution is 2.46. The van der Waals surface area contributed by atoms with Crippen molar-refractivity contribution >= 4 is 26.6 Å². The van der Waals surface area contributed by atoms with Gasteiger partial charge in [-0.1, -0.05) is 55.8 Å². The number of piperidine rings is 2. The van der Waals surface area contributed by atoms with E-state index < -0.39 is 33.0 Å². The molecule has 3 heterocycles. The number of ether oxygens (including phenoxy) is 1. The molecule has 4 aromatic rings. The molecule has 54 heavy (non-hydrogen) atoms. The summed E-state index contributed by atoms with van der Waals surface area (Å²) < 4.78 is 75.7. The molecule has 0 radical (unpaired) electrons. The molecule has 0 bridgehead atoms. The number of sulfone groups is 1. The van der Waals surface area contributed by atoms with Gasteiger partial charge in [-0.15, -0.1) is 0 Å². The van der Waals surface area contributed by atoms with Crippen molar-refractivity contribution in [2.45, 2.75) is 101 Å². The molecule has 12 heteroatoms. The molecule has 2 saturated heterocycles. The fourth-order valence-corrected chi connectivity index (χ4v) is 9.17. The molecule has 1 saturated carbocycles. The number of hydrogen-bond donors (Lipinski definition) is 1. The summed E-state index contributed by atoms with van der Waals surface area (Å²) in [5.74, 6) is -0.531. The number of hydrogen-bond acceptors (Lipinski definition) is 7. The summed E-state index contributed by atoms with van der Waals surface area (Å²) in [5, 5.41) is 3.61. The summed E-state index contributed by atoms with van der Waals surface area (Å²) in [5.41, 5.74) is 0.938. The second-order valence-corrected chi connectivity index (χ2v) is 17.5. The molecule has 288 valence electrons. The van der Waals surface area contributed by atoms with Crippen LogP contribution in [0.5, 0.6) is 5.75 Å². The minimum Gasteiger partial charge on any atom is -0.490 e. The van der Waals surface area contributed by atoms with Crippen LogP contribution in [-0.4, -0.2) is 73.2 Å². The lowest BCUT2D eigenvalue weighted by atomic mass is 9.93. The highest BCUT2D eigenvalue weighted by Gasteiger charge is 2.46. The highest BCUT2D eigenvalue weighted by molar-refractivity contribution is 7.91. The lowest BCUT2D eigenvalue weighted by molar-refractivity contribution is -0.137. The smallest absolute Gasteiger partial charge is 0.416 e. The Morgan fingerprint density at radius 3 is 2.30 bits per heavy atom. The van der Waals surface area contributed by atoms with E-state index in [-0.39, 0.29) is 51.4 Å². The van der Waals surface area contributed by atoms with E-state index in [4.69, 9.17) is 9.72 Å². The molecule has 3 aromatic carbocycles. The molecule has 1 N–H and O–H groups in total. The number of nitrogens with one attached hydrogen (secondary N) is 1. The topological polar surface area (TPSA) is 91.8 Å². The quantitative estimate of drug-likeness (QED) is 0.164. The second kappa shape index (κ2) is 15.3. The Morgan fingerprint density at radius 1 is 0.963 bits per heavy atom. The van der Waals surface area contributed by atoms with Crippen molar-refractivity contribution in [1.29, 1.82) is 0 Å². The largest absolute Gasteiger partial charge is 0.490 e. The van der Waals surface area contributed by atoms with Gasteiger partial charge in [0.05, 0.1) is 39.7 Å². The van der Waals surface area contributed by atoms with E-state index in [0.29, 0.717) is 29.8 Å². The summed E-state index contributed by atoms with van der Waals surface area (Å²) in [4.78, 5) is 24.8. The minimum atomic E-state index is -4.60. The van der Waals surface area contributed by atoms with E-state index in [9.17, 15) is 26.4 Å². The summed E-state index contributed by atoms with van der Waals surface area (Å²) in [6, 6.07) is 18.2. The molecule has 3 fully saturated rings. The van der Waals surface area contributed by atoms with Crippen LogP contribution < -0.4 is 10.1 Å². The van der Waals surface area contributed by atoms with Crippen molar-refractivity contribution in [2.75, 3.05) is 31.9 Å². The third-order valence-corrected chi connectivity index (χ3v) is 12.9. The monoisotopic (exact) mass is 762 g/mol. The van der Waals surface area contributed by atoms with Crippen molar-refractivity contribution in [3.63, 3.8) is 0 Å². The van der Waals surface area contributed by atoms with Gasteiger partial charge in [0, 0.05) is 35.2 Å². The summed E-state index contributed by atoms with van der Waals surface area (Å²) >= 11 is 0. The van der Waals surface area contributed by atoms with E-state index in [0.717, 1.165) is 56.7 Å². The third kappa shape index (κ3) is 8.02. The normalized spacial score (nSPS) is 18.6. The predicted molar refractivity (Wildman–Crippen MR) is 204 cm³/mol. The summed E-state index contributed by atoms with van der Waals surface area (Å²) in [6.07, 6.45) is 1.98. The van der Waals surface area contributed by atoms with E-state index >= 15 is 0 Å². The van der Waals surface area contributed by atoms with Crippen molar-refractivity contribution < 1.29 is 31.1 Å². The Kier molecular flexibility index (Phi) is 10.8. The van der Waals surface area contributed by atoms with Crippen LogP contribution in [0.2, 0.25) is 0 Å². The lowest BCUT2D eigenvalue weighted by Gasteiger charge is -2.40. The van der Waals surface area contributed by atoms with E-state index in [1.54, 1.807) is 26.8 Å². The number of aromatic nitrogens is 1. The molecule has 0 spiro atoms. The van der Waals surface area contributed by atoms with Gasteiger partial charge in [-0.2, -0.15) is 13.2 Å². The van der Waals surface area contributed by atoms with Crippen LogP contribution in [0.25, 0.3) is 22.2 Å². The van der Waals surface area contributed by atoms with Crippen molar-refractivity contribution in [3.05, 3.63) is 89.0 Å². The van der Waals surface area contributed by atoms with E-state index in [2.05, 4.69) is 15.1 Å². The Morgan fingerprint density at radius 2 is 1.67 bits per heavy atom. The van der Waals surface area contributed by atoms with Gasteiger partial charge >= 0.3 is 6.18 Å². The molecule has 1 amide bonds. The molecule has 0 atom stereocenters. The average molecular weight is 763 g/mol. The number of benzene rings is 3. The molecule has 1 aliphatic carbocycles. The molecular weight excluding hydrogens is 714 g/mol. The number of halogens is 3. The van der Waals surface area contributed by atoms with Crippen molar-refractivity contribution in [3.8, 4) is 17.0 Å². The fourth-order valence-electron chi connectivity index (χ4n) is 8.15. The first-order chi connectivity index (χ1) is 25.8. The van der Waals surface area contributed by atoms with Gasteiger partial charge < -0.3 is 15.0 Å².